The maximum absolute atomic E-state index is 6.05. The van der Waals surface area contributed by atoms with Gasteiger partial charge in [-0.2, -0.15) is 0 Å². The summed E-state index contributed by atoms with van der Waals surface area (Å²) >= 11 is 0. The Hall–Kier alpha value is -0.160. The van der Waals surface area contributed by atoms with Gasteiger partial charge in [0, 0.05) is 38.3 Å². The predicted octanol–water partition coefficient (Wildman–Crippen LogP) is 8.13. The topological polar surface area (TPSA) is 36.9 Å². The van der Waals surface area contributed by atoms with E-state index in [0.717, 1.165) is 58.8 Å². The first-order valence-electron chi connectivity index (χ1n) is 14.9. The van der Waals surface area contributed by atoms with Gasteiger partial charge >= 0.3 is 0 Å². The fourth-order valence-electron chi connectivity index (χ4n) is 4.24. The molecule has 0 bridgehead atoms. The van der Waals surface area contributed by atoms with Gasteiger partial charge in [0.05, 0.1) is 26.4 Å². The molecule has 6 unspecified atom stereocenters. The van der Waals surface area contributed by atoms with Gasteiger partial charge < -0.3 is 18.9 Å². The second kappa shape index (κ2) is 21.9. The maximum Gasteiger partial charge on any atom is 0.0518 e. The van der Waals surface area contributed by atoms with Crippen LogP contribution in [0.2, 0.25) is 0 Å². The van der Waals surface area contributed by atoms with Crippen LogP contribution in [0.5, 0.6) is 0 Å². The van der Waals surface area contributed by atoms with E-state index in [-0.39, 0.29) is 0 Å². The van der Waals surface area contributed by atoms with Crippen molar-refractivity contribution in [2.75, 3.05) is 52.9 Å². The third-order valence-electron chi connectivity index (χ3n) is 6.99. The van der Waals surface area contributed by atoms with Crippen molar-refractivity contribution < 1.29 is 18.9 Å². The Labute approximate surface area is 220 Å². The molecule has 0 amide bonds. The molecule has 4 nitrogen and oxygen atoms in total. The summed E-state index contributed by atoms with van der Waals surface area (Å²) in [6, 6.07) is 0. The minimum absolute atomic E-state index is 0.423. The van der Waals surface area contributed by atoms with Gasteiger partial charge in [-0.1, -0.05) is 82.1 Å². The molecule has 4 heteroatoms. The molecular formula is C31H64O4. The van der Waals surface area contributed by atoms with Crippen LogP contribution in [0.4, 0.5) is 0 Å². The van der Waals surface area contributed by atoms with Gasteiger partial charge in [0.15, 0.2) is 0 Å². The summed E-state index contributed by atoms with van der Waals surface area (Å²) < 4.78 is 24.0. The van der Waals surface area contributed by atoms with E-state index < -0.39 is 0 Å². The Bertz CT molecular complexity index is 453. The van der Waals surface area contributed by atoms with Crippen molar-refractivity contribution >= 4 is 0 Å². The van der Waals surface area contributed by atoms with Crippen LogP contribution in [-0.4, -0.2) is 52.9 Å². The standard InChI is InChI=1S/C31H64O4/c1-11-26(6)16-34-22-31(25(4)5)23-35-21-30(10)20-33-18-28(8)14-12-13-27(7)17-32-19-29(9)15-24(2)3/h24-31H,11-23H2,1-10H3. The van der Waals surface area contributed by atoms with Crippen LogP contribution in [0.1, 0.15) is 101 Å². The van der Waals surface area contributed by atoms with Crippen molar-refractivity contribution in [1.82, 2.24) is 0 Å². The third kappa shape index (κ3) is 21.6. The van der Waals surface area contributed by atoms with Crippen molar-refractivity contribution in [3.8, 4) is 0 Å². The average molecular weight is 501 g/mol. The molecule has 0 aromatic rings. The lowest BCUT2D eigenvalue weighted by Crippen LogP contribution is -2.25. The highest BCUT2D eigenvalue weighted by molar-refractivity contribution is 4.63. The first-order valence-corrected chi connectivity index (χ1v) is 14.9. The molecule has 6 atom stereocenters. The summed E-state index contributed by atoms with van der Waals surface area (Å²) in [6.07, 6.45) is 6.15. The molecule has 0 N–H and O–H groups in total. The van der Waals surface area contributed by atoms with E-state index in [4.69, 9.17) is 18.9 Å². The van der Waals surface area contributed by atoms with E-state index in [0.29, 0.717) is 41.4 Å². The molecule has 0 saturated heterocycles. The summed E-state index contributed by atoms with van der Waals surface area (Å²) in [6.45, 7) is 29.3. The van der Waals surface area contributed by atoms with Crippen LogP contribution in [0.25, 0.3) is 0 Å². The van der Waals surface area contributed by atoms with E-state index in [1.54, 1.807) is 0 Å². The monoisotopic (exact) mass is 500 g/mol. The first-order chi connectivity index (χ1) is 16.5. The smallest absolute Gasteiger partial charge is 0.0518 e. The van der Waals surface area contributed by atoms with Gasteiger partial charge in [-0.3, -0.25) is 0 Å². The van der Waals surface area contributed by atoms with E-state index in [1.165, 1.54) is 32.1 Å². The molecule has 0 rings (SSSR count). The molecular weight excluding hydrogens is 436 g/mol. The summed E-state index contributed by atoms with van der Waals surface area (Å²) in [5.41, 5.74) is 0. The Morgan fingerprint density at radius 3 is 1.29 bits per heavy atom. The zero-order chi connectivity index (χ0) is 26.6. The molecule has 0 aliphatic carbocycles. The molecule has 212 valence electrons. The van der Waals surface area contributed by atoms with Gasteiger partial charge in [-0.25, -0.2) is 0 Å². The number of hydrogen-bond acceptors (Lipinski definition) is 4. The number of rotatable bonds is 24. The summed E-state index contributed by atoms with van der Waals surface area (Å²) in [5.74, 6) is 4.76. The molecule has 0 fully saturated rings. The quantitative estimate of drug-likeness (QED) is 0.134. The highest BCUT2D eigenvalue weighted by Gasteiger charge is 2.16. The highest BCUT2D eigenvalue weighted by atomic mass is 16.5. The molecule has 35 heavy (non-hydrogen) atoms. The molecule has 0 saturated carbocycles. The van der Waals surface area contributed by atoms with Crippen LogP contribution < -0.4 is 0 Å². The Morgan fingerprint density at radius 2 is 0.857 bits per heavy atom. The predicted molar refractivity (Wildman–Crippen MR) is 151 cm³/mol. The van der Waals surface area contributed by atoms with Crippen molar-refractivity contribution in [2.45, 2.75) is 101 Å². The average Bonchev–Trinajstić information content (AvgIpc) is 2.77. The van der Waals surface area contributed by atoms with Crippen LogP contribution in [0, 0.1) is 47.3 Å². The Kier molecular flexibility index (Phi) is 21.8. The van der Waals surface area contributed by atoms with E-state index in [2.05, 4.69) is 69.2 Å². The van der Waals surface area contributed by atoms with Gasteiger partial charge in [0.1, 0.15) is 0 Å². The summed E-state index contributed by atoms with van der Waals surface area (Å²) in [4.78, 5) is 0. The Morgan fingerprint density at radius 1 is 0.457 bits per heavy atom. The van der Waals surface area contributed by atoms with Gasteiger partial charge in [-0.05, 0) is 54.8 Å². The van der Waals surface area contributed by atoms with Crippen LogP contribution in [0.3, 0.4) is 0 Å². The molecule has 0 aromatic heterocycles. The van der Waals surface area contributed by atoms with Gasteiger partial charge in [-0.15, -0.1) is 0 Å². The zero-order valence-corrected chi connectivity index (χ0v) is 25.4. The van der Waals surface area contributed by atoms with Crippen molar-refractivity contribution in [3.63, 3.8) is 0 Å². The fourth-order valence-corrected chi connectivity index (χ4v) is 4.24. The largest absolute Gasteiger partial charge is 0.381 e. The highest BCUT2D eigenvalue weighted by Crippen LogP contribution is 2.17. The van der Waals surface area contributed by atoms with E-state index >= 15 is 0 Å². The van der Waals surface area contributed by atoms with Crippen molar-refractivity contribution in [1.29, 1.82) is 0 Å². The molecule has 0 spiro atoms. The van der Waals surface area contributed by atoms with Crippen molar-refractivity contribution in [2.24, 2.45) is 47.3 Å². The second-order valence-corrected chi connectivity index (χ2v) is 12.6. The van der Waals surface area contributed by atoms with Crippen LogP contribution in [-0.2, 0) is 18.9 Å². The molecule has 0 heterocycles. The normalized spacial score (nSPS) is 17.5. The maximum atomic E-state index is 6.05. The lowest BCUT2D eigenvalue weighted by Gasteiger charge is -2.23. The lowest BCUT2D eigenvalue weighted by molar-refractivity contribution is -0.00960. The number of ether oxygens (including phenoxy) is 4. The molecule has 0 aliphatic heterocycles. The summed E-state index contributed by atoms with van der Waals surface area (Å²) in [5, 5.41) is 0. The first kappa shape index (κ1) is 34.8. The minimum Gasteiger partial charge on any atom is -0.381 e. The second-order valence-electron chi connectivity index (χ2n) is 12.6. The van der Waals surface area contributed by atoms with Crippen molar-refractivity contribution in [3.05, 3.63) is 0 Å². The van der Waals surface area contributed by atoms with E-state index in [9.17, 15) is 0 Å². The van der Waals surface area contributed by atoms with Gasteiger partial charge in [0.25, 0.3) is 0 Å². The zero-order valence-electron chi connectivity index (χ0n) is 25.4. The van der Waals surface area contributed by atoms with Crippen LogP contribution >= 0.6 is 0 Å². The molecule has 0 radical (unpaired) electrons. The SMILES string of the molecule is CCC(C)COCC(COCC(C)COCC(C)CCCC(C)COCC(C)CC(C)C)C(C)C. The third-order valence-corrected chi connectivity index (χ3v) is 6.99. The number of hydrogen-bond donors (Lipinski definition) is 0. The molecule has 0 aromatic carbocycles. The van der Waals surface area contributed by atoms with Gasteiger partial charge in [0.2, 0.25) is 0 Å². The summed E-state index contributed by atoms with van der Waals surface area (Å²) in [7, 11) is 0. The minimum atomic E-state index is 0.423. The van der Waals surface area contributed by atoms with Crippen LogP contribution in [0.15, 0.2) is 0 Å². The fraction of sp³-hybridized carbons (Fsp3) is 1.00. The molecule has 0 aliphatic rings. The lowest BCUT2D eigenvalue weighted by atomic mass is 9.98. The Balaban J connectivity index is 3.81. The van der Waals surface area contributed by atoms with E-state index in [1.807, 2.05) is 0 Å².